The van der Waals surface area contributed by atoms with Gasteiger partial charge in [-0.25, -0.2) is 0 Å². The molecule has 1 saturated heterocycles. The van der Waals surface area contributed by atoms with Crippen LogP contribution in [0.25, 0.3) is 0 Å². The van der Waals surface area contributed by atoms with Crippen molar-refractivity contribution in [2.75, 3.05) is 47.5 Å². The van der Waals surface area contributed by atoms with E-state index in [4.69, 9.17) is 14.6 Å². The summed E-state index contributed by atoms with van der Waals surface area (Å²) in [5.41, 5.74) is 2.55. The molecule has 24 heavy (non-hydrogen) atoms. The van der Waals surface area contributed by atoms with Crippen LogP contribution in [0, 0.1) is 6.92 Å². The van der Waals surface area contributed by atoms with Gasteiger partial charge >= 0.3 is 0 Å². The van der Waals surface area contributed by atoms with Crippen LogP contribution in [0.15, 0.2) is 12.1 Å². The van der Waals surface area contributed by atoms with Crippen molar-refractivity contribution in [1.29, 1.82) is 0 Å². The molecule has 5 nitrogen and oxygen atoms in total. The van der Waals surface area contributed by atoms with E-state index in [1.807, 2.05) is 0 Å². The van der Waals surface area contributed by atoms with Gasteiger partial charge in [-0.1, -0.05) is 0 Å². The zero-order valence-electron chi connectivity index (χ0n) is 15.5. The summed E-state index contributed by atoms with van der Waals surface area (Å²) < 4.78 is 10.8. The molecule has 1 aliphatic heterocycles. The zero-order chi connectivity index (χ0) is 17.5. The van der Waals surface area contributed by atoms with Crippen molar-refractivity contribution >= 4 is 0 Å². The second-order valence-electron chi connectivity index (χ2n) is 6.70. The van der Waals surface area contributed by atoms with Gasteiger partial charge in [0.2, 0.25) is 0 Å². The minimum Gasteiger partial charge on any atom is -0.493 e. The summed E-state index contributed by atoms with van der Waals surface area (Å²) in [5.74, 6) is 1.60. The average Bonchev–Trinajstić information content (AvgIpc) is 2.61. The second kappa shape index (κ2) is 9.25. The first kappa shape index (κ1) is 19.0. The molecule has 0 aliphatic carbocycles. The molecule has 0 atom stereocenters. The fraction of sp³-hybridized carbons (Fsp3) is 0.684. The molecule has 0 aromatic heterocycles. The summed E-state index contributed by atoms with van der Waals surface area (Å²) in [6.07, 6.45) is 3.24. The first-order chi connectivity index (χ1) is 11.6. The van der Waals surface area contributed by atoms with E-state index in [9.17, 15) is 0 Å². The van der Waals surface area contributed by atoms with Crippen LogP contribution in [0.2, 0.25) is 0 Å². The van der Waals surface area contributed by atoms with E-state index in [0.717, 1.165) is 44.1 Å². The van der Waals surface area contributed by atoms with E-state index in [1.165, 1.54) is 24.0 Å². The molecular weight excluding hydrogens is 304 g/mol. The Morgan fingerprint density at radius 2 is 1.79 bits per heavy atom. The third-order valence-electron chi connectivity index (χ3n) is 5.09. The van der Waals surface area contributed by atoms with E-state index in [-0.39, 0.29) is 6.61 Å². The van der Waals surface area contributed by atoms with E-state index in [1.54, 1.807) is 14.2 Å². The fourth-order valence-corrected chi connectivity index (χ4v) is 3.45. The van der Waals surface area contributed by atoms with Crippen LogP contribution < -0.4 is 9.47 Å². The SMILES string of the molecule is COc1cc(C)c(CN2CCC(N(C)CCCO)CC2)cc1OC. The summed E-state index contributed by atoms with van der Waals surface area (Å²) in [6.45, 7) is 6.58. The average molecular weight is 336 g/mol. The molecule has 1 heterocycles. The largest absolute Gasteiger partial charge is 0.493 e. The molecule has 1 fully saturated rings. The van der Waals surface area contributed by atoms with Gasteiger partial charge in [0, 0.05) is 25.7 Å². The van der Waals surface area contributed by atoms with Gasteiger partial charge < -0.3 is 19.5 Å². The Labute approximate surface area is 146 Å². The van der Waals surface area contributed by atoms with Crippen LogP contribution in [-0.2, 0) is 6.54 Å². The molecule has 0 bridgehead atoms. The topological polar surface area (TPSA) is 45.2 Å². The number of rotatable bonds is 8. The minimum atomic E-state index is 0.280. The molecule has 1 aromatic carbocycles. The van der Waals surface area contributed by atoms with Crippen LogP contribution in [0.1, 0.15) is 30.4 Å². The molecule has 1 aromatic rings. The van der Waals surface area contributed by atoms with Gasteiger partial charge in [0.1, 0.15) is 0 Å². The van der Waals surface area contributed by atoms with Crippen molar-refractivity contribution in [3.8, 4) is 11.5 Å². The highest BCUT2D eigenvalue weighted by Gasteiger charge is 2.22. The Kier molecular flexibility index (Phi) is 7.34. The van der Waals surface area contributed by atoms with Crippen LogP contribution in [0.3, 0.4) is 0 Å². The molecule has 1 aliphatic rings. The Morgan fingerprint density at radius 1 is 1.17 bits per heavy atom. The highest BCUT2D eigenvalue weighted by atomic mass is 16.5. The van der Waals surface area contributed by atoms with Gasteiger partial charge in [-0.2, -0.15) is 0 Å². The van der Waals surface area contributed by atoms with Crippen molar-refractivity contribution in [3.05, 3.63) is 23.3 Å². The number of methoxy groups -OCH3 is 2. The van der Waals surface area contributed by atoms with Gasteiger partial charge in [0.15, 0.2) is 11.5 Å². The van der Waals surface area contributed by atoms with Gasteiger partial charge in [-0.05, 0) is 69.6 Å². The number of hydrogen-bond donors (Lipinski definition) is 1. The Bertz CT molecular complexity index is 514. The predicted octanol–water partition coefficient (Wildman–Crippen LogP) is 2.29. The van der Waals surface area contributed by atoms with Crippen LogP contribution in [0.4, 0.5) is 0 Å². The predicted molar refractivity (Wildman–Crippen MR) is 96.9 cm³/mol. The summed E-state index contributed by atoms with van der Waals surface area (Å²) in [7, 11) is 5.54. The molecule has 0 unspecified atom stereocenters. The van der Waals surface area contributed by atoms with E-state index >= 15 is 0 Å². The van der Waals surface area contributed by atoms with Gasteiger partial charge in [0.05, 0.1) is 14.2 Å². The van der Waals surface area contributed by atoms with Crippen molar-refractivity contribution in [1.82, 2.24) is 9.80 Å². The lowest BCUT2D eigenvalue weighted by Crippen LogP contribution is -2.43. The molecule has 0 saturated carbocycles. The summed E-state index contributed by atoms with van der Waals surface area (Å²) in [4.78, 5) is 4.92. The first-order valence-corrected chi connectivity index (χ1v) is 8.84. The maximum absolute atomic E-state index is 8.97. The smallest absolute Gasteiger partial charge is 0.161 e. The Hall–Kier alpha value is -1.30. The Balaban J connectivity index is 1.92. The van der Waals surface area contributed by atoms with E-state index in [0.29, 0.717) is 6.04 Å². The molecule has 136 valence electrons. The van der Waals surface area contributed by atoms with Gasteiger partial charge in [0.25, 0.3) is 0 Å². The molecule has 0 radical (unpaired) electrons. The number of aryl methyl sites for hydroxylation is 1. The number of hydrogen-bond acceptors (Lipinski definition) is 5. The van der Waals surface area contributed by atoms with Crippen LogP contribution >= 0.6 is 0 Å². The zero-order valence-corrected chi connectivity index (χ0v) is 15.5. The monoisotopic (exact) mass is 336 g/mol. The maximum Gasteiger partial charge on any atom is 0.161 e. The highest BCUT2D eigenvalue weighted by molar-refractivity contribution is 5.47. The lowest BCUT2D eigenvalue weighted by Gasteiger charge is -2.37. The normalized spacial score (nSPS) is 16.6. The number of nitrogens with zero attached hydrogens (tertiary/aromatic N) is 2. The minimum absolute atomic E-state index is 0.280. The van der Waals surface area contributed by atoms with Crippen molar-refractivity contribution in [3.63, 3.8) is 0 Å². The molecule has 2 rings (SSSR count). The van der Waals surface area contributed by atoms with Crippen LogP contribution in [-0.4, -0.2) is 68.5 Å². The molecular formula is C19H32N2O3. The van der Waals surface area contributed by atoms with Crippen molar-refractivity contribution < 1.29 is 14.6 Å². The second-order valence-corrected chi connectivity index (χ2v) is 6.70. The standard InChI is InChI=1S/C19H32N2O3/c1-15-12-18(23-3)19(24-4)13-16(15)14-21-9-6-17(7-10-21)20(2)8-5-11-22/h12-13,17,22H,5-11,14H2,1-4H3. The molecule has 1 N–H and O–H groups in total. The molecule has 5 heteroatoms. The number of aliphatic hydroxyl groups excluding tert-OH is 1. The lowest BCUT2D eigenvalue weighted by molar-refractivity contribution is 0.117. The Morgan fingerprint density at radius 3 is 2.38 bits per heavy atom. The number of ether oxygens (including phenoxy) is 2. The lowest BCUT2D eigenvalue weighted by atomic mass is 10.0. The van der Waals surface area contributed by atoms with E-state index in [2.05, 4.69) is 35.9 Å². The summed E-state index contributed by atoms with van der Waals surface area (Å²) in [6, 6.07) is 4.80. The highest BCUT2D eigenvalue weighted by Crippen LogP contribution is 2.31. The van der Waals surface area contributed by atoms with Gasteiger partial charge in [-0.15, -0.1) is 0 Å². The van der Waals surface area contributed by atoms with Crippen LogP contribution in [0.5, 0.6) is 11.5 Å². The first-order valence-electron chi connectivity index (χ1n) is 8.84. The van der Waals surface area contributed by atoms with E-state index < -0.39 is 0 Å². The maximum atomic E-state index is 8.97. The number of piperidine rings is 1. The number of benzene rings is 1. The quantitative estimate of drug-likeness (QED) is 0.789. The fourth-order valence-electron chi connectivity index (χ4n) is 3.45. The summed E-state index contributed by atoms with van der Waals surface area (Å²) in [5, 5.41) is 8.97. The van der Waals surface area contributed by atoms with Crippen molar-refractivity contribution in [2.24, 2.45) is 0 Å². The third kappa shape index (κ3) is 4.85. The van der Waals surface area contributed by atoms with Gasteiger partial charge in [-0.3, -0.25) is 4.90 Å². The number of aliphatic hydroxyl groups is 1. The third-order valence-corrected chi connectivity index (χ3v) is 5.09. The van der Waals surface area contributed by atoms with Crippen molar-refractivity contribution in [2.45, 2.75) is 38.8 Å². The molecule has 0 amide bonds. The summed E-state index contributed by atoms with van der Waals surface area (Å²) >= 11 is 0. The molecule has 0 spiro atoms. The number of likely N-dealkylation sites (tertiary alicyclic amines) is 1.